The number of rotatable bonds is 1. The third kappa shape index (κ3) is 11.9. The van der Waals surface area contributed by atoms with Crippen molar-refractivity contribution in [3.8, 4) is 0 Å². The van der Waals surface area contributed by atoms with Crippen LogP contribution in [-0.2, 0) is 0 Å². The van der Waals surface area contributed by atoms with Crippen molar-refractivity contribution in [2.24, 2.45) is 0 Å². The van der Waals surface area contributed by atoms with Crippen LogP contribution in [0.2, 0.25) is 0 Å². The molecule has 0 aliphatic rings. The van der Waals surface area contributed by atoms with Gasteiger partial charge in [0.2, 0.25) is 0 Å². The Hall–Kier alpha value is -0.0951. The molecule has 3 nitrogen and oxygen atoms in total. The van der Waals surface area contributed by atoms with Crippen molar-refractivity contribution < 1.29 is 44.6 Å². The summed E-state index contributed by atoms with van der Waals surface area (Å²) in [6, 6.07) is 10.6. The molecule has 1 aromatic rings. The second kappa shape index (κ2) is 9.99. The molecule has 0 radical (unpaired) electrons. The summed E-state index contributed by atoms with van der Waals surface area (Å²) in [5.74, 6) is 0. The van der Waals surface area contributed by atoms with E-state index < -0.39 is 7.32 Å². The Morgan fingerprint density at radius 3 is 1.85 bits per heavy atom. The molecule has 0 atom stereocenters. The van der Waals surface area contributed by atoms with E-state index in [2.05, 4.69) is 12.6 Å². The van der Waals surface area contributed by atoms with E-state index in [4.69, 9.17) is 15.1 Å². The first-order valence-corrected chi connectivity index (χ1v) is 3.29. The summed E-state index contributed by atoms with van der Waals surface area (Å²) in [5, 5.41) is 21.5. The van der Waals surface area contributed by atoms with Crippen LogP contribution in [0, 0.1) is 6.07 Å². The van der Waals surface area contributed by atoms with Crippen LogP contribution in [0.5, 0.6) is 0 Å². The normalized spacial score (nSPS) is 7.31. The van der Waals surface area contributed by atoms with Crippen molar-refractivity contribution in [2.75, 3.05) is 0 Å². The van der Waals surface area contributed by atoms with Crippen molar-refractivity contribution in [3.05, 3.63) is 42.5 Å². The minimum atomic E-state index is -2.17. The molecule has 0 aliphatic carbocycles. The number of hydrogen-bond acceptors (Lipinski definition) is 3. The average molecular weight is 188 g/mol. The minimum absolute atomic E-state index is 0. The van der Waals surface area contributed by atoms with Gasteiger partial charge in [-0.1, -0.05) is 6.08 Å². The van der Waals surface area contributed by atoms with Gasteiger partial charge in [-0.3, -0.25) is 0 Å². The first-order valence-electron chi connectivity index (χ1n) is 3.29. The van der Waals surface area contributed by atoms with Crippen LogP contribution in [0.15, 0.2) is 30.8 Å². The molecule has 0 unspecified atom stereocenters. The predicted octanol–water partition coefficient (Wildman–Crippen LogP) is -2.92. The second-order valence-electron chi connectivity index (χ2n) is 1.88. The first kappa shape index (κ1) is 15.4. The quantitative estimate of drug-likeness (QED) is 0.327. The van der Waals surface area contributed by atoms with E-state index >= 15 is 0 Å². The maximum atomic E-state index is 7.17. The van der Waals surface area contributed by atoms with Gasteiger partial charge in [0.1, 0.15) is 0 Å². The van der Waals surface area contributed by atoms with E-state index in [9.17, 15) is 0 Å². The van der Waals surface area contributed by atoms with Gasteiger partial charge in [0.05, 0.1) is 0 Å². The number of hydrogen-bond donors (Lipinski definition) is 3. The maximum absolute atomic E-state index is 7.17. The third-order valence-electron chi connectivity index (χ3n) is 0.980. The Morgan fingerprint density at radius 1 is 1.23 bits per heavy atom. The Kier molecular flexibility index (Phi) is 11.8. The fourth-order valence-electron chi connectivity index (χ4n) is 0.536. The van der Waals surface area contributed by atoms with Gasteiger partial charge in [0.25, 0.3) is 0 Å². The van der Waals surface area contributed by atoms with E-state index in [-0.39, 0.29) is 29.6 Å². The predicted molar refractivity (Wildman–Crippen MR) is 47.8 cm³/mol. The fourth-order valence-corrected chi connectivity index (χ4v) is 0.536. The third-order valence-corrected chi connectivity index (χ3v) is 0.980. The molecular weight excluding hydrogens is 178 g/mol. The Labute approximate surface area is 100 Å². The molecule has 0 spiro atoms. The average Bonchev–Trinajstić information content (AvgIpc) is 2.05. The number of benzene rings is 1. The summed E-state index contributed by atoms with van der Waals surface area (Å²) in [6.45, 7) is 3.62. The molecule has 0 aromatic heterocycles. The Morgan fingerprint density at radius 2 is 1.62 bits per heavy atom. The maximum Gasteiger partial charge on any atom is 1.00 e. The minimum Gasteiger partial charge on any atom is -0.402 e. The molecule has 13 heavy (non-hydrogen) atoms. The van der Waals surface area contributed by atoms with E-state index in [1.54, 1.807) is 0 Å². The zero-order valence-corrected chi connectivity index (χ0v) is 9.51. The molecule has 0 saturated heterocycles. The molecule has 0 amide bonds. The SMILES string of the molecule is C=Cc1cc[c-]cc1.OB(O)O.[Na+]. The zero-order valence-electron chi connectivity index (χ0n) is 7.51. The van der Waals surface area contributed by atoms with Crippen molar-refractivity contribution in [1.82, 2.24) is 0 Å². The van der Waals surface area contributed by atoms with Gasteiger partial charge in [-0.15, -0.1) is 12.1 Å². The van der Waals surface area contributed by atoms with Crippen LogP contribution in [0.3, 0.4) is 0 Å². The fraction of sp³-hybridized carbons (Fsp3) is 0. The van der Waals surface area contributed by atoms with Gasteiger partial charge in [0.15, 0.2) is 0 Å². The molecule has 0 fully saturated rings. The molecule has 1 rings (SSSR count). The van der Waals surface area contributed by atoms with E-state index in [1.807, 2.05) is 30.3 Å². The monoisotopic (exact) mass is 188 g/mol. The summed E-state index contributed by atoms with van der Waals surface area (Å²) in [6.07, 6.45) is 1.81. The largest absolute Gasteiger partial charge is 1.00 e. The standard InChI is InChI=1S/C8H7.BH3O3.Na/c1-2-8-6-4-3-5-7-8;2-1(3)4;/h2,4-7H,1H2;2-4H;/q-1;;+1. The molecule has 0 saturated carbocycles. The Balaban J connectivity index is 0. The molecule has 0 heterocycles. The van der Waals surface area contributed by atoms with Crippen molar-refractivity contribution in [2.45, 2.75) is 0 Å². The summed E-state index contributed by atoms with van der Waals surface area (Å²) in [4.78, 5) is 0. The topological polar surface area (TPSA) is 60.7 Å². The van der Waals surface area contributed by atoms with E-state index in [0.29, 0.717) is 0 Å². The van der Waals surface area contributed by atoms with Gasteiger partial charge >= 0.3 is 36.9 Å². The molecule has 1 aromatic carbocycles. The van der Waals surface area contributed by atoms with Crippen LogP contribution in [0.4, 0.5) is 0 Å². The molecule has 64 valence electrons. The van der Waals surface area contributed by atoms with Crippen LogP contribution in [-0.4, -0.2) is 22.4 Å². The van der Waals surface area contributed by atoms with Gasteiger partial charge in [-0.25, -0.2) is 0 Å². The van der Waals surface area contributed by atoms with Crippen LogP contribution in [0.25, 0.3) is 6.08 Å². The molecule has 5 heteroatoms. The molecule has 3 N–H and O–H groups in total. The van der Waals surface area contributed by atoms with Gasteiger partial charge in [-0.2, -0.15) is 30.3 Å². The van der Waals surface area contributed by atoms with Gasteiger partial charge in [-0.05, 0) is 0 Å². The summed E-state index contributed by atoms with van der Waals surface area (Å²) in [7, 11) is -2.17. The van der Waals surface area contributed by atoms with E-state index in [1.165, 1.54) is 0 Å². The first-order chi connectivity index (χ1) is 5.66. The molecular formula is C8H10BNaO3. The summed E-state index contributed by atoms with van der Waals surface area (Å²) >= 11 is 0. The summed E-state index contributed by atoms with van der Waals surface area (Å²) in [5.41, 5.74) is 1.14. The van der Waals surface area contributed by atoms with Crippen LogP contribution in [0.1, 0.15) is 5.56 Å². The van der Waals surface area contributed by atoms with Gasteiger partial charge in [0, 0.05) is 0 Å². The van der Waals surface area contributed by atoms with Crippen LogP contribution < -0.4 is 29.6 Å². The molecule has 0 aliphatic heterocycles. The van der Waals surface area contributed by atoms with E-state index in [0.717, 1.165) is 5.56 Å². The second-order valence-corrected chi connectivity index (χ2v) is 1.88. The van der Waals surface area contributed by atoms with Crippen LogP contribution >= 0.6 is 0 Å². The zero-order chi connectivity index (χ0) is 9.40. The summed E-state index contributed by atoms with van der Waals surface area (Å²) < 4.78 is 0. The molecule has 0 bridgehead atoms. The smallest absolute Gasteiger partial charge is 0.402 e. The van der Waals surface area contributed by atoms with Gasteiger partial charge < -0.3 is 15.1 Å². The van der Waals surface area contributed by atoms with Crippen molar-refractivity contribution >= 4 is 13.4 Å². The Bertz CT molecular complexity index is 213. The van der Waals surface area contributed by atoms with Crippen molar-refractivity contribution in [3.63, 3.8) is 0 Å². The van der Waals surface area contributed by atoms with Crippen molar-refractivity contribution in [1.29, 1.82) is 0 Å².